The number of amides is 2. The lowest BCUT2D eigenvalue weighted by Crippen LogP contribution is -2.50. The highest BCUT2D eigenvalue weighted by atomic mass is 32.2. The maximum absolute atomic E-state index is 13.3. The van der Waals surface area contributed by atoms with Crippen LogP contribution >= 0.6 is 0 Å². The SMILES string of the molecule is Cc1ccc(CN2C(=O)N(c3ccc(C)cc3)S(=O)(=O)c3ccccc32)cc1. The van der Waals surface area contributed by atoms with E-state index in [1.54, 1.807) is 48.5 Å². The first-order chi connectivity index (χ1) is 13.4. The van der Waals surface area contributed by atoms with Gasteiger partial charge in [0.05, 0.1) is 17.9 Å². The van der Waals surface area contributed by atoms with Crippen molar-refractivity contribution in [2.24, 2.45) is 0 Å². The number of carbonyl (C=O) groups is 1. The van der Waals surface area contributed by atoms with Crippen LogP contribution in [-0.2, 0) is 16.6 Å². The molecule has 6 heteroatoms. The second kappa shape index (κ2) is 6.80. The minimum Gasteiger partial charge on any atom is -0.287 e. The minimum absolute atomic E-state index is 0.127. The summed E-state index contributed by atoms with van der Waals surface area (Å²) in [5.41, 5.74) is 3.77. The normalized spacial score (nSPS) is 15.4. The Kier molecular flexibility index (Phi) is 4.43. The van der Waals surface area contributed by atoms with Gasteiger partial charge in [-0.15, -0.1) is 0 Å². The van der Waals surface area contributed by atoms with Gasteiger partial charge >= 0.3 is 6.03 Å². The van der Waals surface area contributed by atoms with Crippen molar-refractivity contribution in [3.05, 3.63) is 89.5 Å². The summed E-state index contributed by atoms with van der Waals surface area (Å²) >= 11 is 0. The number of rotatable bonds is 3. The molecule has 28 heavy (non-hydrogen) atoms. The number of benzene rings is 3. The number of sulfonamides is 1. The second-order valence-electron chi connectivity index (χ2n) is 6.93. The van der Waals surface area contributed by atoms with E-state index >= 15 is 0 Å². The van der Waals surface area contributed by atoms with Crippen molar-refractivity contribution in [1.29, 1.82) is 0 Å². The lowest BCUT2D eigenvalue weighted by atomic mass is 10.1. The fourth-order valence-corrected chi connectivity index (χ4v) is 4.86. The number of hydrogen-bond acceptors (Lipinski definition) is 3. The van der Waals surface area contributed by atoms with Gasteiger partial charge in [0.25, 0.3) is 10.0 Å². The molecule has 2 amide bonds. The van der Waals surface area contributed by atoms with Crippen LogP contribution in [0, 0.1) is 13.8 Å². The van der Waals surface area contributed by atoms with Crippen LogP contribution in [0.1, 0.15) is 16.7 Å². The van der Waals surface area contributed by atoms with Crippen molar-refractivity contribution in [2.75, 3.05) is 9.21 Å². The number of carbonyl (C=O) groups excluding carboxylic acids is 1. The molecule has 1 aliphatic heterocycles. The summed E-state index contributed by atoms with van der Waals surface area (Å²) in [7, 11) is -3.99. The van der Waals surface area contributed by atoms with E-state index in [1.165, 1.54) is 4.90 Å². The molecule has 142 valence electrons. The van der Waals surface area contributed by atoms with Gasteiger partial charge in [0.15, 0.2) is 0 Å². The van der Waals surface area contributed by atoms with Gasteiger partial charge < -0.3 is 0 Å². The average molecular weight is 392 g/mol. The van der Waals surface area contributed by atoms with E-state index in [4.69, 9.17) is 0 Å². The summed E-state index contributed by atoms with van der Waals surface area (Å²) in [6.07, 6.45) is 0. The molecule has 3 aromatic carbocycles. The van der Waals surface area contributed by atoms with E-state index in [-0.39, 0.29) is 11.4 Å². The van der Waals surface area contributed by atoms with Crippen LogP contribution < -0.4 is 9.21 Å². The van der Waals surface area contributed by atoms with Crippen LogP contribution in [0.4, 0.5) is 16.2 Å². The molecule has 4 rings (SSSR count). The maximum atomic E-state index is 13.3. The second-order valence-corrected chi connectivity index (χ2v) is 8.68. The van der Waals surface area contributed by atoms with Gasteiger partial charge in [-0.05, 0) is 43.7 Å². The van der Waals surface area contributed by atoms with Gasteiger partial charge in [-0.25, -0.2) is 13.2 Å². The van der Waals surface area contributed by atoms with Gasteiger partial charge in [0.2, 0.25) is 0 Å². The van der Waals surface area contributed by atoms with Crippen molar-refractivity contribution in [2.45, 2.75) is 25.3 Å². The largest absolute Gasteiger partial charge is 0.343 e. The van der Waals surface area contributed by atoms with Crippen LogP contribution in [-0.4, -0.2) is 14.4 Å². The predicted octanol–water partition coefficient (Wildman–Crippen LogP) is 4.64. The number of hydrogen-bond donors (Lipinski definition) is 0. The third kappa shape index (κ3) is 3.05. The van der Waals surface area contributed by atoms with Crippen LogP contribution in [0.5, 0.6) is 0 Å². The Bertz CT molecular complexity index is 1140. The molecule has 3 aromatic rings. The van der Waals surface area contributed by atoms with Gasteiger partial charge in [0, 0.05) is 0 Å². The van der Waals surface area contributed by atoms with Crippen molar-refractivity contribution in [1.82, 2.24) is 0 Å². The zero-order valence-corrected chi connectivity index (χ0v) is 16.5. The molecule has 0 bridgehead atoms. The summed E-state index contributed by atoms with van der Waals surface area (Å²) in [4.78, 5) is 15.0. The van der Waals surface area contributed by atoms with E-state index < -0.39 is 16.1 Å². The Morgan fingerprint density at radius 1 is 0.786 bits per heavy atom. The molecule has 0 spiro atoms. The Labute approximate surface area is 164 Å². The molecule has 1 heterocycles. The van der Waals surface area contributed by atoms with Crippen LogP contribution in [0.25, 0.3) is 0 Å². The van der Waals surface area contributed by atoms with E-state index in [9.17, 15) is 13.2 Å². The predicted molar refractivity (Wildman–Crippen MR) is 110 cm³/mol. The van der Waals surface area contributed by atoms with Crippen molar-refractivity contribution in [3.8, 4) is 0 Å². The molecule has 0 N–H and O–H groups in total. The van der Waals surface area contributed by atoms with Crippen LogP contribution in [0.2, 0.25) is 0 Å². The number of fused-ring (bicyclic) bond motifs is 1. The Morgan fingerprint density at radius 2 is 1.36 bits per heavy atom. The molecule has 0 radical (unpaired) electrons. The summed E-state index contributed by atoms with van der Waals surface area (Å²) < 4.78 is 27.3. The number of urea groups is 1. The molecule has 0 saturated heterocycles. The number of aryl methyl sites for hydroxylation is 2. The molecule has 1 aliphatic rings. The average Bonchev–Trinajstić information content (AvgIpc) is 2.68. The topological polar surface area (TPSA) is 57.7 Å². The molecule has 5 nitrogen and oxygen atoms in total. The lowest BCUT2D eigenvalue weighted by Gasteiger charge is -2.36. The number of para-hydroxylation sites is 1. The smallest absolute Gasteiger partial charge is 0.287 e. The Hall–Kier alpha value is -3.12. The summed E-state index contributed by atoms with van der Waals surface area (Å²) in [6.45, 7) is 4.19. The quantitative estimate of drug-likeness (QED) is 0.652. The minimum atomic E-state index is -3.99. The molecule has 0 saturated carbocycles. The van der Waals surface area contributed by atoms with Gasteiger partial charge in [-0.2, -0.15) is 4.31 Å². The molecular weight excluding hydrogens is 372 g/mol. The maximum Gasteiger partial charge on any atom is 0.343 e. The Morgan fingerprint density at radius 3 is 2.00 bits per heavy atom. The van der Waals surface area contributed by atoms with Crippen LogP contribution in [0.3, 0.4) is 0 Å². The van der Waals surface area contributed by atoms with Gasteiger partial charge in [-0.3, -0.25) is 4.90 Å². The molecular formula is C22H20N2O3S. The fraction of sp³-hybridized carbons (Fsp3) is 0.136. The zero-order chi connectivity index (χ0) is 19.9. The van der Waals surface area contributed by atoms with Crippen LogP contribution in [0.15, 0.2) is 77.7 Å². The lowest BCUT2D eigenvalue weighted by molar-refractivity contribution is 0.253. The number of nitrogens with zero attached hydrogens (tertiary/aromatic N) is 2. The van der Waals surface area contributed by atoms with Crippen molar-refractivity contribution >= 4 is 27.4 Å². The molecule has 0 fully saturated rings. The van der Waals surface area contributed by atoms with E-state index in [1.807, 2.05) is 38.1 Å². The van der Waals surface area contributed by atoms with Gasteiger partial charge in [-0.1, -0.05) is 59.7 Å². The molecule has 0 aliphatic carbocycles. The highest BCUT2D eigenvalue weighted by Gasteiger charge is 2.42. The molecule has 0 unspecified atom stereocenters. The molecule has 0 aromatic heterocycles. The standard InChI is InChI=1S/C22H20N2O3S/c1-16-7-11-18(12-8-16)15-23-20-5-3-4-6-21(20)28(26,27)24(22(23)25)19-13-9-17(2)10-14-19/h3-14H,15H2,1-2H3. The highest BCUT2D eigenvalue weighted by molar-refractivity contribution is 7.94. The van der Waals surface area contributed by atoms with Crippen molar-refractivity contribution in [3.63, 3.8) is 0 Å². The molecule has 0 atom stereocenters. The fourth-order valence-electron chi connectivity index (χ4n) is 3.27. The first-order valence-electron chi connectivity index (χ1n) is 8.96. The van der Waals surface area contributed by atoms with Crippen molar-refractivity contribution < 1.29 is 13.2 Å². The van der Waals surface area contributed by atoms with E-state index in [0.29, 0.717) is 11.4 Å². The summed E-state index contributed by atoms with van der Waals surface area (Å²) in [5.74, 6) is 0. The summed E-state index contributed by atoms with van der Waals surface area (Å²) in [6, 6.07) is 20.8. The van der Waals surface area contributed by atoms with Gasteiger partial charge in [0.1, 0.15) is 4.90 Å². The number of anilines is 2. The Balaban J connectivity index is 1.85. The first kappa shape index (κ1) is 18.3. The summed E-state index contributed by atoms with van der Waals surface area (Å²) in [5, 5.41) is 0. The zero-order valence-electron chi connectivity index (χ0n) is 15.7. The third-order valence-corrected chi connectivity index (χ3v) is 6.56. The third-order valence-electron chi connectivity index (χ3n) is 4.81. The monoisotopic (exact) mass is 392 g/mol. The first-order valence-corrected chi connectivity index (χ1v) is 10.4. The highest BCUT2D eigenvalue weighted by Crippen LogP contribution is 2.37. The van der Waals surface area contributed by atoms with E-state index in [2.05, 4.69) is 0 Å². The van der Waals surface area contributed by atoms with E-state index in [0.717, 1.165) is 21.0 Å².